The molecule has 0 radical (unpaired) electrons. The van der Waals surface area contributed by atoms with Gasteiger partial charge in [0, 0.05) is 0 Å². The Labute approximate surface area is 59.6 Å². The highest BCUT2D eigenvalue weighted by molar-refractivity contribution is 5.70. The SMILES string of the molecule is C/C=C(/C=[N+](C)C)[N+](=O)[O-]. The van der Waals surface area contributed by atoms with Crippen LogP contribution in [0.3, 0.4) is 0 Å². The lowest BCUT2D eigenvalue weighted by Crippen LogP contribution is -2.07. The highest BCUT2D eigenvalue weighted by Gasteiger charge is 2.08. The third kappa shape index (κ3) is 2.96. The summed E-state index contributed by atoms with van der Waals surface area (Å²) in [4.78, 5) is 9.73. The molecule has 0 amide bonds. The summed E-state index contributed by atoms with van der Waals surface area (Å²) >= 11 is 0. The van der Waals surface area contributed by atoms with E-state index in [9.17, 15) is 10.1 Å². The van der Waals surface area contributed by atoms with E-state index < -0.39 is 4.92 Å². The van der Waals surface area contributed by atoms with Crippen LogP contribution < -0.4 is 0 Å². The Bertz CT molecular complexity index is 190. The fourth-order valence-corrected chi connectivity index (χ4v) is 0.492. The molecule has 0 unspecified atom stereocenters. The largest absolute Gasteiger partial charge is 0.327 e. The van der Waals surface area contributed by atoms with Gasteiger partial charge in [0.15, 0.2) is 0 Å². The number of nitro groups is 1. The lowest BCUT2D eigenvalue weighted by atomic mass is 10.4. The van der Waals surface area contributed by atoms with Crippen molar-refractivity contribution in [3.8, 4) is 0 Å². The minimum Gasteiger partial charge on any atom is -0.258 e. The van der Waals surface area contributed by atoms with E-state index in [1.165, 1.54) is 12.3 Å². The molecule has 0 aliphatic rings. The molecule has 0 heterocycles. The van der Waals surface area contributed by atoms with E-state index in [2.05, 4.69) is 0 Å². The lowest BCUT2D eigenvalue weighted by molar-refractivity contribution is -0.473. The monoisotopic (exact) mass is 143 g/mol. The topological polar surface area (TPSA) is 46.1 Å². The molecule has 0 saturated heterocycles. The summed E-state index contributed by atoms with van der Waals surface area (Å²) < 4.78 is 1.64. The molecule has 10 heavy (non-hydrogen) atoms. The zero-order valence-corrected chi connectivity index (χ0v) is 6.37. The smallest absolute Gasteiger partial charge is 0.258 e. The number of hydrogen-bond donors (Lipinski definition) is 0. The molecule has 0 saturated carbocycles. The lowest BCUT2D eigenvalue weighted by Gasteiger charge is -1.85. The molecule has 0 N–H and O–H groups in total. The van der Waals surface area contributed by atoms with Crippen LogP contribution in [0, 0.1) is 10.1 Å². The third-order valence-corrected chi connectivity index (χ3v) is 0.897. The molecule has 4 nitrogen and oxygen atoms in total. The van der Waals surface area contributed by atoms with Crippen molar-refractivity contribution >= 4 is 6.21 Å². The Morgan fingerprint density at radius 2 is 2.00 bits per heavy atom. The van der Waals surface area contributed by atoms with E-state index in [1.54, 1.807) is 25.6 Å². The minimum atomic E-state index is -0.417. The van der Waals surface area contributed by atoms with Crippen LogP contribution >= 0.6 is 0 Å². The van der Waals surface area contributed by atoms with Gasteiger partial charge >= 0.3 is 5.70 Å². The van der Waals surface area contributed by atoms with Crippen LogP contribution in [0.2, 0.25) is 0 Å². The van der Waals surface area contributed by atoms with Gasteiger partial charge < -0.3 is 0 Å². The summed E-state index contributed by atoms with van der Waals surface area (Å²) in [6.07, 6.45) is 2.92. The maximum absolute atomic E-state index is 10.1. The van der Waals surface area contributed by atoms with E-state index in [1.807, 2.05) is 0 Å². The highest BCUT2D eigenvalue weighted by atomic mass is 16.6. The first-order valence-corrected chi connectivity index (χ1v) is 2.90. The summed E-state index contributed by atoms with van der Waals surface area (Å²) in [7, 11) is 3.49. The fourth-order valence-electron chi connectivity index (χ4n) is 0.492. The molecule has 56 valence electrons. The highest BCUT2D eigenvalue weighted by Crippen LogP contribution is 1.88. The molecule has 0 aliphatic heterocycles. The molecule has 0 atom stereocenters. The number of rotatable bonds is 2. The van der Waals surface area contributed by atoms with Gasteiger partial charge in [-0.1, -0.05) is 0 Å². The first kappa shape index (κ1) is 8.81. The van der Waals surface area contributed by atoms with E-state index in [0.717, 1.165) is 0 Å². The van der Waals surface area contributed by atoms with Crippen molar-refractivity contribution in [3.63, 3.8) is 0 Å². The number of hydrogen-bond acceptors (Lipinski definition) is 2. The molecule has 0 aromatic carbocycles. The molecule has 4 heteroatoms. The van der Waals surface area contributed by atoms with Crippen molar-refractivity contribution in [1.82, 2.24) is 0 Å². The Kier molecular flexibility index (Phi) is 3.32. The quantitative estimate of drug-likeness (QED) is 0.245. The summed E-state index contributed by atoms with van der Waals surface area (Å²) in [5.74, 6) is 0. The van der Waals surface area contributed by atoms with E-state index in [0.29, 0.717) is 0 Å². The normalized spacial score (nSPS) is 10.9. The van der Waals surface area contributed by atoms with Gasteiger partial charge in [-0.25, -0.2) is 4.58 Å². The Morgan fingerprint density at radius 3 is 2.10 bits per heavy atom. The van der Waals surface area contributed by atoms with Crippen molar-refractivity contribution in [2.75, 3.05) is 14.1 Å². The van der Waals surface area contributed by atoms with E-state index in [4.69, 9.17) is 0 Å². The number of nitrogens with zero attached hydrogens (tertiary/aromatic N) is 2. The maximum atomic E-state index is 10.1. The summed E-state index contributed by atoms with van der Waals surface area (Å²) in [6.45, 7) is 1.64. The van der Waals surface area contributed by atoms with E-state index >= 15 is 0 Å². The van der Waals surface area contributed by atoms with Gasteiger partial charge in [0.1, 0.15) is 14.1 Å². The fraction of sp³-hybridized carbons (Fsp3) is 0.500. The van der Waals surface area contributed by atoms with Crippen LogP contribution in [0.25, 0.3) is 0 Å². The second kappa shape index (κ2) is 3.76. The van der Waals surface area contributed by atoms with E-state index in [-0.39, 0.29) is 5.70 Å². The molecule has 0 bridgehead atoms. The van der Waals surface area contributed by atoms with Gasteiger partial charge in [-0.2, -0.15) is 0 Å². The van der Waals surface area contributed by atoms with Crippen molar-refractivity contribution in [2.24, 2.45) is 0 Å². The molecular weight excluding hydrogens is 132 g/mol. The predicted molar refractivity (Wildman–Crippen MR) is 38.9 cm³/mol. The molecule has 0 fully saturated rings. The van der Waals surface area contributed by atoms with Gasteiger partial charge in [-0.3, -0.25) is 10.1 Å². The van der Waals surface area contributed by atoms with Crippen LogP contribution in [0.1, 0.15) is 6.92 Å². The average Bonchev–Trinajstić information content (AvgIpc) is 1.81. The van der Waals surface area contributed by atoms with Gasteiger partial charge in [-0.15, -0.1) is 0 Å². The molecule has 0 aliphatic carbocycles. The maximum Gasteiger partial charge on any atom is 0.327 e. The van der Waals surface area contributed by atoms with Crippen molar-refractivity contribution < 1.29 is 9.50 Å². The van der Waals surface area contributed by atoms with Crippen molar-refractivity contribution in [1.29, 1.82) is 0 Å². The first-order chi connectivity index (χ1) is 4.57. The average molecular weight is 143 g/mol. The molecule has 0 spiro atoms. The van der Waals surface area contributed by atoms with Crippen molar-refractivity contribution in [3.05, 3.63) is 21.9 Å². The van der Waals surface area contributed by atoms with Gasteiger partial charge in [-0.05, 0) is 13.0 Å². The van der Waals surface area contributed by atoms with Gasteiger partial charge in [0.05, 0.1) is 4.92 Å². The zero-order valence-electron chi connectivity index (χ0n) is 6.37. The number of allylic oxidation sites excluding steroid dienone is 2. The Morgan fingerprint density at radius 1 is 1.50 bits per heavy atom. The predicted octanol–water partition coefficient (Wildman–Crippen LogP) is 0.510. The second-order valence-corrected chi connectivity index (χ2v) is 2.06. The van der Waals surface area contributed by atoms with Crippen LogP contribution in [-0.4, -0.2) is 29.8 Å². The van der Waals surface area contributed by atoms with Gasteiger partial charge in [0.2, 0.25) is 6.21 Å². The molecular formula is C6H11N2O2+. The summed E-state index contributed by atoms with van der Waals surface area (Å²) in [5.41, 5.74) is 0.116. The standard InChI is InChI=1S/C6H11N2O2/c1-4-6(8(9)10)5-7(2)3/h4-5H,1-3H3/q+1/b6-4-. The Hall–Kier alpha value is -1.19. The van der Waals surface area contributed by atoms with Gasteiger partial charge in [0.25, 0.3) is 0 Å². The summed E-state index contributed by atoms with van der Waals surface area (Å²) in [6, 6.07) is 0. The summed E-state index contributed by atoms with van der Waals surface area (Å²) in [5, 5.41) is 10.1. The molecule has 0 rings (SSSR count). The first-order valence-electron chi connectivity index (χ1n) is 2.90. The minimum absolute atomic E-state index is 0.116. The Balaban J connectivity index is 4.42. The molecule has 0 aromatic rings. The van der Waals surface area contributed by atoms with Crippen LogP contribution in [-0.2, 0) is 0 Å². The molecule has 0 aromatic heterocycles. The van der Waals surface area contributed by atoms with Crippen LogP contribution in [0.15, 0.2) is 11.8 Å². The zero-order chi connectivity index (χ0) is 8.15. The van der Waals surface area contributed by atoms with Crippen molar-refractivity contribution in [2.45, 2.75) is 6.92 Å². The third-order valence-electron chi connectivity index (χ3n) is 0.897. The second-order valence-electron chi connectivity index (χ2n) is 2.06. The van der Waals surface area contributed by atoms with Crippen LogP contribution in [0.5, 0.6) is 0 Å². The van der Waals surface area contributed by atoms with Crippen LogP contribution in [0.4, 0.5) is 0 Å².